The van der Waals surface area contributed by atoms with E-state index < -0.39 is 0 Å². The fourth-order valence-electron chi connectivity index (χ4n) is 2.92. The van der Waals surface area contributed by atoms with Crippen molar-refractivity contribution < 1.29 is 9.26 Å². The topological polar surface area (TPSA) is 85.1 Å². The standard InChI is InChI=1S/C22H21N5O2/c1-14-9-10-19(28-3)18(11-14)23-20-13-17(16-7-5-4-6-8-16)24-22(25-20)26-21-12-15(2)29-27-21/h4-13H,1-3H3,(H2,23,24,25,26,27). The Kier molecular flexibility index (Phi) is 5.11. The van der Waals surface area contributed by atoms with E-state index in [2.05, 4.69) is 25.8 Å². The van der Waals surface area contributed by atoms with E-state index in [9.17, 15) is 0 Å². The Morgan fingerprint density at radius 3 is 2.41 bits per heavy atom. The summed E-state index contributed by atoms with van der Waals surface area (Å²) in [6.45, 7) is 3.86. The molecule has 7 heteroatoms. The van der Waals surface area contributed by atoms with E-state index in [0.717, 1.165) is 28.3 Å². The van der Waals surface area contributed by atoms with Crippen molar-refractivity contribution in [1.82, 2.24) is 15.1 Å². The monoisotopic (exact) mass is 387 g/mol. The molecule has 146 valence electrons. The van der Waals surface area contributed by atoms with Crippen LogP contribution in [0.5, 0.6) is 5.75 Å². The van der Waals surface area contributed by atoms with E-state index in [1.54, 1.807) is 13.2 Å². The number of benzene rings is 2. The fraction of sp³-hybridized carbons (Fsp3) is 0.136. The van der Waals surface area contributed by atoms with Gasteiger partial charge in [0.25, 0.3) is 0 Å². The molecule has 0 aliphatic heterocycles. The van der Waals surface area contributed by atoms with Gasteiger partial charge in [-0.05, 0) is 31.5 Å². The second-order valence-corrected chi connectivity index (χ2v) is 6.60. The number of nitrogens with zero attached hydrogens (tertiary/aromatic N) is 3. The number of hydrogen-bond donors (Lipinski definition) is 2. The van der Waals surface area contributed by atoms with Gasteiger partial charge in [-0.15, -0.1) is 0 Å². The lowest BCUT2D eigenvalue weighted by Gasteiger charge is -2.13. The second-order valence-electron chi connectivity index (χ2n) is 6.60. The van der Waals surface area contributed by atoms with E-state index >= 15 is 0 Å². The highest BCUT2D eigenvalue weighted by atomic mass is 16.5. The Bertz CT molecular complexity index is 1130. The molecule has 7 nitrogen and oxygen atoms in total. The Morgan fingerprint density at radius 2 is 1.69 bits per heavy atom. The maximum atomic E-state index is 5.47. The zero-order valence-electron chi connectivity index (χ0n) is 16.4. The van der Waals surface area contributed by atoms with Crippen LogP contribution in [-0.2, 0) is 0 Å². The van der Waals surface area contributed by atoms with Gasteiger partial charge in [0.1, 0.15) is 17.3 Å². The zero-order chi connectivity index (χ0) is 20.2. The number of ether oxygens (including phenoxy) is 1. The molecule has 0 saturated carbocycles. The van der Waals surface area contributed by atoms with Crippen LogP contribution >= 0.6 is 0 Å². The molecule has 0 aliphatic carbocycles. The smallest absolute Gasteiger partial charge is 0.231 e. The molecule has 0 amide bonds. The summed E-state index contributed by atoms with van der Waals surface area (Å²) >= 11 is 0. The van der Waals surface area contributed by atoms with Crippen LogP contribution in [0, 0.1) is 13.8 Å². The van der Waals surface area contributed by atoms with Crippen LogP contribution in [0.25, 0.3) is 11.3 Å². The molecule has 0 saturated heterocycles. The highest BCUT2D eigenvalue weighted by Gasteiger charge is 2.11. The Balaban J connectivity index is 1.74. The van der Waals surface area contributed by atoms with E-state index in [1.165, 1.54) is 0 Å². The molecule has 0 bridgehead atoms. The SMILES string of the molecule is COc1ccc(C)cc1Nc1cc(-c2ccccc2)nc(Nc2cc(C)on2)n1. The molecule has 2 aromatic heterocycles. The van der Waals surface area contributed by atoms with Gasteiger partial charge >= 0.3 is 0 Å². The molecule has 29 heavy (non-hydrogen) atoms. The normalized spacial score (nSPS) is 10.6. The summed E-state index contributed by atoms with van der Waals surface area (Å²) in [5, 5.41) is 10.4. The van der Waals surface area contributed by atoms with Gasteiger partial charge in [0, 0.05) is 17.7 Å². The van der Waals surface area contributed by atoms with Crippen molar-refractivity contribution in [2.45, 2.75) is 13.8 Å². The van der Waals surface area contributed by atoms with Crippen LogP contribution in [0.4, 0.5) is 23.3 Å². The largest absolute Gasteiger partial charge is 0.495 e. The molecule has 0 spiro atoms. The van der Waals surface area contributed by atoms with Crippen LogP contribution in [0.1, 0.15) is 11.3 Å². The highest BCUT2D eigenvalue weighted by Crippen LogP contribution is 2.30. The van der Waals surface area contributed by atoms with Crippen molar-refractivity contribution >= 4 is 23.3 Å². The Labute approximate surface area is 168 Å². The van der Waals surface area contributed by atoms with E-state index in [4.69, 9.17) is 9.26 Å². The first-order valence-electron chi connectivity index (χ1n) is 9.17. The lowest BCUT2D eigenvalue weighted by molar-refractivity contribution is 0.400. The number of nitrogens with one attached hydrogen (secondary N) is 2. The number of anilines is 4. The Hall–Kier alpha value is -3.87. The molecular formula is C22H21N5O2. The van der Waals surface area contributed by atoms with Crippen LogP contribution in [-0.4, -0.2) is 22.2 Å². The third-order valence-corrected chi connectivity index (χ3v) is 4.28. The minimum absolute atomic E-state index is 0.411. The quantitative estimate of drug-likeness (QED) is 0.468. The van der Waals surface area contributed by atoms with Gasteiger partial charge in [-0.1, -0.05) is 41.6 Å². The van der Waals surface area contributed by atoms with Crippen molar-refractivity contribution in [3.05, 3.63) is 72.0 Å². The number of hydrogen-bond acceptors (Lipinski definition) is 7. The number of rotatable bonds is 6. The molecule has 2 N–H and O–H groups in total. The molecule has 4 aromatic rings. The fourth-order valence-corrected chi connectivity index (χ4v) is 2.92. The maximum absolute atomic E-state index is 5.47. The molecule has 0 unspecified atom stereocenters. The van der Waals surface area contributed by atoms with Gasteiger partial charge in [-0.25, -0.2) is 4.98 Å². The van der Waals surface area contributed by atoms with Crippen molar-refractivity contribution in [2.75, 3.05) is 17.7 Å². The number of aromatic nitrogens is 3. The summed E-state index contributed by atoms with van der Waals surface area (Å²) in [7, 11) is 1.64. The summed E-state index contributed by atoms with van der Waals surface area (Å²) < 4.78 is 10.6. The average Bonchev–Trinajstić information content (AvgIpc) is 3.13. The van der Waals surface area contributed by atoms with Crippen LogP contribution in [0.15, 0.2) is 65.2 Å². The van der Waals surface area contributed by atoms with Crippen molar-refractivity contribution in [2.24, 2.45) is 0 Å². The first-order chi connectivity index (χ1) is 14.1. The molecule has 2 aromatic carbocycles. The first kappa shape index (κ1) is 18.5. The van der Waals surface area contributed by atoms with Gasteiger partial charge in [0.15, 0.2) is 5.82 Å². The van der Waals surface area contributed by atoms with Gasteiger partial charge in [-0.2, -0.15) is 4.98 Å². The first-order valence-corrected chi connectivity index (χ1v) is 9.17. The highest BCUT2D eigenvalue weighted by molar-refractivity contribution is 5.71. The third kappa shape index (κ3) is 4.35. The predicted molar refractivity (Wildman–Crippen MR) is 113 cm³/mol. The molecule has 0 atom stereocenters. The average molecular weight is 387 g/mol. The molecule has 2 heterocycles. The molecule has 0 fully saturated rings. The summed E-state index contributed by atoms with van der Waals surface area (Å²) in [6.07, 6.45) is 0. The van der Waals surface area contributed by atoms with Gasteiger partial charge in [0.05, 0.1) is 18.5 Å². The molecule has 0 aliphatic rings. The number of aryl methyl sites for hydroxylation is 2. The number of methoxy groups -OCH3 is 1. The minimum atomic E-state index is 0.411. The second kappa shape index (κ2) is 8.02. The maximum Gasteiger partial charge on any atom is 0.231 e. The van der Waals surface area contributed by atoms with E-state index in [0.29, 0.717) is 23.3 Å². The lowest BCUT2D eigenvalue weighted by Crippen LogP contribution is -2.03. The summed E-state index contributed by atoms with van der Waals surface area (Å²) in [6, 6.07) is 19.5. The van der Waals surface area contributed by atoms with Gasteiger partial charge in [-0.3, -0.25) is 0 Å². The van der Waals surface area contributed by atoms with Crippen molar-refractivity contribution in [3.8, 4) is 17.0 Å². The molecule has 4 rings (SSSR count). The lowest BCUT2D eigenvalue weighted by atomic mass is 10.1. The van der Waals surface area contributed by atoms with Crippen LogP contribution < -0.4 is 15.4 Å². The summed E-state index contributed by atoms with van der Waals surface area (Å²) in [5.41, 5.74) is 3.70. The summed E-state index contributed by atoms with van der Waals surface area (Å²) in [4.78, 5) is 9.23. The van der Waals surface area contributed by atoms with Crippen LogP contribution in [0.3, 0.4) is 0 Å². The van der Waals surface area contributed by atoms with E-state index in [-0.39, 0.29) is 0 Å². The van der Waals surface area contributed by atoms with Gasteiger partial charge in [0.2, 0.25) is 5.95 Å². The summed E-state index contributed by atoms with van der Waals surface area (Å²) in [5.74, 6) is 3.03. The zero-order valence-corrected chi connectivity index (χ0v) is 16.4. The third-order valence-electron chi connectivity index (χ3n) is 4.28. The predicted octanol–water partition coefficient (Wildman–Crippen LogP) is 5.24. The van der Waals surface area contributed by atoms with Crippen LogP contribution in [0.2, 0.25) is 0 Å². The minimum Gasteiger partial charge on any atom is -0.495 e. The molecular weight excluding hydrogens is 366 g/mol. The molecule has 0 radical (unpaired) electrons. The van der Waals surface area contributed by atoms with Crippen molar-refractivity contribution in [1.29, 1.82) is 0 Å². The van der Waals surface area contributed by atoms with E-state index in [1.807, 2.05) is 68.4 Å². The van der Waals surface area contributed by atoms with Gasteiger partial charge < -0.3 is 19.9 Å². The Morgan fingerprint density at radius 1 is 0.862 bits per heavy atom. The van der Waals surface area contributed by atoms with Crippen molar-refractivity contribution in [3.63, 3.8) is 0 Å².